The first-order chi connectivity index (χ1) is 12.4. The van der Waals surface area contributed by atoms with Crippen LogP contribution in [0.5, 0.6) is 11.5 Å². The Hall–Kier alpha value is -2.82. The number of rotatable bonds is 7. The van der Waals surface area contributed by atoms with Crippen molar-refractivity contribution in [2.75, 3.05) is 7.11 Å². The summed E-state index contributed by atoms with van der Waals surface area (Å²) < 4.78 is 5.04. The van der Waals surface area contributed by atoms with Gasteiger partial charge in [0, 0.05) is 0 Å². The van der Waals surface area contributed by atoms with E-state index in [4.69, 9.17) is 4.74 Å². The number of phenolic OH excluding ortho intramolecular Hbond substituents is 1. The molecule has 0 saturated heterocycles. The summed E-state index contributed by atoms with van der Waals surface area (Å²) in [5.74, 6) is 0.547. The molecule has 0 aliphatic rings. The van der Waals surface area contributed by atoms with E-state index in [9.17, 15) is 9.90 Å². The van der Waals surface area contributed by atoms with E-state index < -0.39 is 0 Å². The second-order valence-electron chi connectivity index (χ2n) is 6.73. The Morgan fingerprint density at radius 3 is 2.50 bits per heavy atom. The van der Waals surface area contributed by atoms with Crippen LogP contribution in [-0.2, 0) is 11.2 Å². The second-order valence-corrected chi connectivity index (χ2v) is 6.73. The number of nitrogens with zero attached hydrogens (tertiary/aromatic N) is 1. The van der Waals surface area contributed by atoms with Crippen molar-refractivity contribution in [3.63, 3.8) is 0 Å². The molecular formula is C21H26N2O3. The molecule has 1 unspecified atom stereocenters. The SMILES string of the molecule is COc1cc(C=NNC(=O)C(C)c2ccc(CC(C)C)cc2)ccc1O. The van der Waals surface area contributed by atoms with E-state index in [2.05, 4.69) is 36.5 Å². The molecule has 0 spiro atoms. The zero-order valence-electron chi connectivity index (χ0n) is 15.7. The predicted molar refractivity (Wildman–Crippen MR) is 104 cm³/mol. The maximum atomic E-state index is 12.3. The van der Waals surface area contributed by atoms with Gasteiger partial charge in [-0.25, -0.2) is 5.43 Å². The zero-order valence-corrected chi connectivity index (χ0v) is 15.7. The summed E-state index contributed by atoms with van der Waals surface area (Å²) >= 11 is 0. The molecule has 2 rings (SSSR count). The molecule has 5 nitrogen and oxygen atoms in total. The highest BCUT2D eigenvalue weighted by Gasteiger charge is 2.14. The lowest BCUT2D eigenvalue weighted by Gasteiger charge is -2.11. The van der Waals surface area contributed by atoms with E-state index >= 15 is 0 Å². The molecule has 2 aromatic carbocycles. The molecular weight excluding hydrogens is 328 g/mol. The first kappa shape index (κ1) is 19.5. The fourth-order valence-corrected chi connectivity index (χ4v) is 2.61. The largest absolute Gasteiger partial charge is 0.504 e. The third kappa shape index (κ3) is 5.34. The van der Waals surface area contributed by atoms with Crippen molar-refractivity contribution in [1.82, 2.24) is 5.43 Å². The Labute approximate surface area is 154 Å². The number of hydrazone groups is 1. The number of carbonyl (C=O) groups is 1. The lowest BCUT2D eigenvalue weighted by Crippen LogP contribution is -2.23. The average Bonchev–Trinajstić information content (AvgIpc) is 2.62. The topological polar surface area (TPSA) is 70.9 Å². The van der Waals surface area contributed by atoms with Crippen LogP contribution in [0, 0.1) is 5.92 Å². The van der Waals surface area contributed by atoms with Crippen LogP contribution in [0.2, 0.25) is 0 Å². The number of aromatic hydroxyl groups is 1. The van der Waals surface area contributed by atoms with Gasteiger partial charge in [-0.3, -0.25) is 4.79 Å². The summed E-state index contributed by atoms with van der Waals surface area (Å²) in [5.41, 5.74) is 5.50. The first-order valence-corrected chi connectivity index (χ1v) is 8.69. The van der Waals surface area contributed by atoms with Gasteiger partial charge in [-0.05, 0) is 54.2 Å². The number of ether oxygens (including phenoxy) is 1. The number of amides is 1. The Morgan fingerprint density at radius 2 is 1.88 bits per heavy atom. The number of nitrogens with one attached hydrogen (secondary N) is 1. The summed E-state index contributed by atoms with van der Waals surface area (Å²) in [6, 6.07) is 13.0. The van der Waals surface area contributed by atoms with Crippen LogP contribution in [-0.4, -0.2) is 24.3 Å². The molecule has 1 amide bonds. The van der Waals surface area contributed by atoms with Gasteiger partial charge in [0.05, 0.1) is 19.2 Å². The standard InChI is InChI=1S/C21H26N2O3/c1-14(2)11-16-5-8-18(9-6-16)15(3)21(25)23-22-13-17-7-10-19(24)20(12-17)26-4/h5-10,12-15,24H,11H2,1-4H3,(H,23,25). The van der Waals surface area contributed by atoms with Gasteiger partial charge in [0.25, 0.3) is 0 Å². The lowest BCUT2D eigenvalue weighted by atomic mass is 9.96. The number of carbonyl (C=O) groups excluding carboxylic acids is 1. The van der Waals surface area contributed by atoms with E-state index in [0.717, 1.165) is 12.0 Å². The number of hydrogen-bond donors (Lipinski definition) is 2. The quantitative estimate of drug-likeness (QED) is 0.586. The molecule has 138 valence electrons. The highest BCUT2D eigenvalue weighted by atomic mass is 16.5. The van der Waals surface area contributed by atoms with Gasteiger partial charge in [-0.1, -0.05) is 38.1 Å². The number of hydrogen-bond acceptors (Lipinski definition) is 4. The van der Waals surface area contributed by atoms with Crippen LogP contribution in [0.15, 0.2) is 47.6 Å². The minimum atomic E-state index is -0.297. The zero-order chi connectivity index (χ0) is 19.1. The van der Waals surface area contributed by atoms with E-state index in [-0.39, 0.29) is 17.6 Å². The first-order valence-electron chi connectivity index (χ1n) is 8.69. The predicted octanol–water partition coefficient (Wildman–Crippen LogP) is 3.85. The Kier molecular flexibility index (Phi) is 6.78. The van der Waals surface area contributed by atoms with E-state index in [1.807, 2.05) is 19.1 Å². The summed E-state index contributed by atoms with van der Waals surface area (Å²) in [7, 11) is 1.48. The molecule has 0 saturated carbocycles. The van der Waals surface area contributed by atoms with Crippen molar-refractivity contribution in [1.29, 1.82) is 0 Å². The van der Waals surface area contributed by atoms with Gasteiger partial charge in [-0.15, -0.1) is 0 Å². The fourth-order valence-electron chi connectivity index (χ4n) is 2.61. The van der Waals surface area contributed by atoms with Crippen LogP contribution in [0.1, 0.15) is 43.4 Å². The third-order valence-corrected chi connectivity index (χ3v) is 4.11. The molecule has 2 aromatic rings. The molecule has 5 heteroatoms. The third-order valence-electron chi connectivity index (χ3n) is 4.11. The molecule has 0 bridgehead atoms. The summed E-state index contributed by atoms with van der Waals surface area (Å²) in [4.78, 5) is 12.3. The summed E-state index contributed by atoms with van der Waals surface area (Å²) in [6.07, 6.45) is 2.54. The highest BCUT2D eigenvalue weighted by Crippen LogP contribution is 2.25. The van der Waals surface area contributed by atoms with Crippen LogP contribution < -0.4 is 10.2 Å². The monoisotopic (exact) mass is 354 g/mol. The van der Waals surface area contributed by atoms with Crippen molar-refractivity contribution >= 4 is 12.1 Å². The van der Waals surface area contributed by atoms with Crippen LogP contribution >= 0.6 is 0 Å². The van der Waals surface area contributed by atoms with Crippen LogP contribution in [0.4, 0.5) is 0 Å². The molecule has 26 heavy (non-hydrogen) atoms. The van der Waals surface area contributed by atoms with Gasteiger partial charge < -0.3 is 9.84 Å². The minimum Gasteiger partial charge on any atom is -0.504 e. The molecule has 0 fully saturated rings. The van der Waals surface area contributed by atoms with Gasteiger partial charge in [0.1, 0.15) is 0 Å². The van der Waals surface area contributed by atoms with Gasteiger partial charge in [-0.2, -0.15) is 5.10 Å². The molecule has 2 N–H and O–H groups in total. The lowest BCUT2D eigenvalue weighted by molar-refractivity contribution is -0.122. The molecule has 0 aromatic heterocycles. The van der Waals surface area contributed by atoms with Crippen LogP contribution in [0.3, 0.4) is 0 Å². The fraction of sp³-hybridized carbons (Fsp3) is 0.333. The van der Waals surface area contributed by atoms with Crippen molar-refractivity contribution in [3.8, 4) is 11.5 Å². The van der Waals surface area contributed by atoms with E-state index in [1.54, 1.807) is 12.1 Å². The maximum Gasteiger partial charge on any atom is 0.247 e. The number of phenols is 1. The van der Waals surface area contributed by atoms with Crippen molar-refractivity contribution in [2.45, 2.75) is 33.1 Å². The smallest absolute Gasteiger partial charge is 0.247 e. The molecule has 1 atom stereocenters. The molecule has 0 heterocycles. The van der Waals surface area contributed by atoms with E-state index in [0.29, 0.717) is 17.2 Å². The van der Waals surface area contributed by atoms with Crippen molar-refractivity contribution in [2.24, 2.45) is 11.0 Å². The average molecular weight is 354 g/mol. The number of benzene rings is 2. The Balaban J connectivity index is 1.96. The van der Waals surface area contributed by atoms with Gasteiger partial charge in [0.15, 0.2) is 11.5 Å². The molecule has 0 aliphatic carbocycles. The molecule has 0 aliphatic heterocycles. The van der Waals surface area contributed by atoms with Gasteiger partial charge >= 0.3 is 0 Å². The van der Waals surface area contributed by atoms with Crippen molar-refractivity contribution in [3.05, 3.63) is 59.2 Å². The molecule has 0 radical (unpaired) electrons. The summed E-state index contributed by atoms with van der Waals surface area (Å²) in [5, 5.41) is 13.6. The number of methoxy groups -OCH3 is 1. The van der Waals surface area contributed by atoms with Crippen LogP contribution in [0.25, 0.3) is 0 Å². The minimum absolute atomic E-state index is 0.0585. The highest BCUT2D eigenvalue weighted by molar-refractivity contribution is 5.86. The second kappa shape index (κ2) is 9.04. The van der Waals surface area contributed by atoms with Gasteiger partial charge in [0.2, 0.25) is 5.91 Å². The Bertz CT molecular complexity index is 767. The summed E-state index contributed by atoms with van der Waals surface area (Å²) in [6.45, 7) is 6.23. The van der Waals surface area contributed by atoms with E-state index in [1.165, 1.54) is 25.0 Å². The Morgan fingerprint density at radius 1 is 1.19 bits per heavy atom. The normalized spacial score (nSPS) is 12.3. The maximum absolute atomic E-state index is 12.3. The van der Waals surface area contributed by atoms with Crippen molar-refractivity contribution < 1.29 is 14.6 Å².